The second-order valence-corrected chi connectivity index (χ2v) is 1.95. The van der Waals surface area contributed by atoms with Crippen molar-refractivity contribution < 1.29 is 4.74 Å². The molecule has 1 saturated heterocycles. The molecule has 3 N–H and O–H groups in total. The highest BCUT2D eigenvalue weighted by molar-refractivity contribution is 5.15. The van der Waals surface area contributed by atoms with Crippen LogP contribution < -0.4 is 11.1 Å². The third kappa shape index (κ3) is 1.47. The standard InChI is InChI=1S/C6H9N3O/c7-2-1-5-6(8)10-4-3-9-5/h1,6,9H,3-4,8H2. The van der Waals surface area contributed by atoms with Crippen molar-refractivity contribution in [2.45, 2.75) is 6.23 Å². The number of allylic oxidation sites excluding steroid dienone is 1. The van der Waals surface area contributed by atoms with Crippen molar-refractivity contribution in [3.05, 3.63) is 11.8 Å². The van der Waals surface area contributed by atoms with Crippen LogP contribution in [0.25, 0.3) is 0 Å². The van der Waals surface area contributed by atoms with Crippen molar-refractivity contribution in [2.24, 2.45) is 5.73 Å². The molecule has 0 radical (unpaired) electrons. The Morgan fingerprint density at radius 2 is 2.70 bits per heavy atom. The van der Waals surface area contributed by atoms with Gasteiger partial charge in [-0.05, 0) is 0 Å². The molecular formula is C6H9N3O. The molecule has 0 spiro atoms. The Labute approximate surface area is 59.3 Å². The van der Waals surface area contributed by atoms with Crippen LogP contribution in [0.4, 0.5) is 0 Å². The van der Waals surface area contributed by atoms with Gasteiger partial charge in [-0.3, -0.25) is 0 Å². The van der Waals surface area contributed by atoms with E-state index in [1.165, 1.54) is 6.08 Å². The molecule has 0 aromatic heterocycles. The maximum Gasteiger partial charge on any atom is 0.147 e. The summed E-state index contributed by atoms with van der Waals surface area (Å²) in [7, 11) is 0. The first kappa shape index (κ1) is 7.06. The summed E-state index contributed by atoms with van der Waals surface area (Å²) in [6.45, 7) is 1.32. The summed E-state index contributed by atoms with van der Waals surface area (Å²) < 4.78 is 5.04. The summed E-state index contributed by atoms with van der Waals surface area (Å²) in [5.74, 6) is 0. The molecule has 0 amide bonds. The number of nitrogens with two attached hydrogens (primary N) is 1. The quantitative estimate of drug-likeness (QED) is 0.435. The number of hydrogen-bond donors (Lipinski definition) is 2. The molecule has 1 unspecified atom stereocenters. The molecule has 4 heteroatoms. The van der Waals surface area contributed by atoms with Gasteiger partial charge in [0.25, 0.3) is 0 Å². The maximum atomic E-state index is 8.26. The predicted molar refractivity (Wildman–Crippen MR) is 35.6 cm³/mol. The zero-order valence-electron chi connectivity index (χ0n) is 5.50. The van der Waals surface area contributed by atoms with E-state index in [2.05, 4.69) is 5.32 Å². The normalized spacial score (nSPS) is 29.2. The number of rotatable bonds is 0. The topological polar surface area (TPSA) is 71.1 Å². The molecule has 0 aromatic rings. The maximum absolute atomic E-state index is 8.26. The van der Waals surface area contributed by atoms with Crippen LogP contribution in [0.2, 0.25) is 0 Å². The van der Waals surface area contributed by atoms with Gasteiger partial charge in [0.2, 0.25) is 0 Å². The summed E-state index contributed by atoms with van der Waals surface area (Å²) in [6, 6.07) is 1.88. The first-order chi connectivity index (χ1) is 4.84. The fraction of sp³-hybridized carbons (Fsp3) is 0.500. The van der Waals surface area contributed by atoms with Crippen LogP contribution in [0.1, 0.15) is 0 Å². The van der Waals surface area contributed by atoms with Crippen LogP contribution in [-0.4, -0.2) is 19.4 Å². The van der Waals surface area contributed by atoms with Crippen molar-refractivity contribution in [3.8, 4) is 6.07 Å². The molecule has 0 bridgehead atoms. The third-order valence-corrected chi connectivity index (χ3v) is 1.26. The molecule has 0 aliphatic carbocycles. The first-order valence-corrected chi connectivity index (χ1v) is 3.05. The monoisotopic (exact) mass is 139 g/mol. The Hall–Kier alpha value is -1.05. The minimum Gasteiger partial charge on any atom is -0.382 e. The van der Waals surface area contributed by atoms with E-state index in [1.54, 1.807) is 0 Å². The summed E-state index contributed by atoms with van der Waals surface area (Å²) in [6.07, 6.45) is 0.914. The highest BCUT2D eigenvalue weighted by atomic mass is 16.5. The van der Waals surface area contributed by atoms with Crippen LogP contribution in [0.5, 0.6) is 0 Å². The molecular weight excluding hydrogens is 130 g/mol. The molecule has 54 valence electrons. The van der Waals surface area contributed by atoms with Gasteiger partial charge in [0.05, 0.1) is 18.4 Å². The molecule has 1 atom stereocenters. The molecule has 0 saturated carbocycles. The summed E-state index contributed by atoms with van der Waals surface area (Å²) >= 11 is 0. The lowest BCUT2D eigenvalue weighted by molar-refractivity contribution is 0.0583. The highest BCUT2D eigenvalue weighted by Crippen LogP contribution is 2.01. The van der Waals surface area contributed by atoms with Crippen LogP contribution in [0, 0.1) is 11.3 Å². The number of hydrogen-bond acceptors (Lipinski definition) is 4. The second-order valence-electron chi connectivity index (χ2n) is 1.95. The van der Waals surface area contributed by atoms with Gasteiger partial charge in [-0.2, -0.15) is 5.26 Å². The van der Waals surface area contributed by atoms with Gasteiger partial charge in [-0.1, -0.05) is 0 Å². The van der Waals surface area contributed by atoms with E-state index in [9.17, 15) is 0 Å². The molecule has 10 heavy (non-hydrogen) atoms. The van der Waals surface area contributed by atoms with Gasteiger partial charge < -0.3 is 15.8 Å². The predicted octanol–water partition coefficient (Wildman–Crippen LogP) is -0.702. The minimum absolute atomic E-state index is 0.451. The molecule has 1 aliphatic heterocycles. The number of nitrogens with one attached hydrogen (secondary N) is 1. The van der Waals surface area contributed by atoms with Crippen LogP contribution in [-0.2, 0) is 4.74 Å². The van der Waals surface area contributed by atoms with Crippen molar-refractivity contribution >= 4 is 0 Å². The zero-order chi connectivity index (χ0) is 7.40. The zero-order valence-corrected chi connectivity index (χ0v) is 5.50. The Morgan fingerprint density at radius 3 is 3.30 bits per heavy atom. The second kappa shape index (κ2) is 3.20. The van der Waals surface area contributed by atoms with E-state index < -0.39 is 6.23 Å². The minimum atomic E-state index is -0.451. The largest absolute Gasteiger partial charge is 0.382 e. The van der Waals surface area contributed by atoms with Gasteiger partial charge in [0.1, 0.15) is 6.23 Å². The smallest absolute Gasteiger partial charge is 0.147 e. The van der Waals surface area contributed by atoms with E-state index in [1.807, 2.05) is 6.07 Å². The van der Waals surface area contributed by atoms with Gasteiger partial charge >= 0.3 is 0 Å². The van der Waals surface area contributed by atoms with Gasteiger partial charge in [-0.25, -0.2) is 0 Å². The fourth-order valence-electron chi connectivity index (χ4n) is 0.774. The summed E-state index contributed by atoms with van der Waals surface area (Å²) in [5, 5.41) is 11.2. The molecule has 4 nitrogen and oxygen atoms in total. The van der Waals surface area contributed by atoms with E-state index in [-0.39, 0.29) is 0 Å². The lowest BCUT2D eigenvalue weighted by atomic mass is 10.3. The van der Waals surface area contributed by atoms with Crippen molar-refractivity contribution in [1.29, 1.82) is 5.26 Å². The lowest BCUT2D eigenvalue weighted by Crippen LogP contribution is -2.41. The van der Waals surface area contributed by atoms with E-state index in [0.29, 0.717) is 12.3 Å². The Kier molecular flexibility index (Phi) is 2.26. The molecule has 1 aliphatic rings. The van der Waals surface area contributed by atoms with Gasteiger partial charge in [0, 0.05) is 12.6 Å². The summed E-state index contributed by atoms with van der Waals surface area (Å²) in [4.78, 5) is 0. The number of nitriles is 1. The number of ether oxygens (including phenoxy) is 1. The SMILES string of the molecule is N#CC=C1NCCOC1N. The average molecular weight is 139 g/mol. The highest BCUT2D eigenvalue weighted by Gasteiger charge is 2.13. The third-order valence-electron chi connectivity index (χ3n) is 1.26. The van der Waals surface area contributed by atoms with Crippen molar-refractivity contribution in [3.63, 3.8) is 0 Å². The summed E-state index contributed by atoms with van der Waals surface area (Å²) in [5.41, 5.74) is 6.12. The van der Waals surface area contributed by atoms with Crippen LogP contribution in [0.15, 0.2) is 11.8 Å². The molecule has 0 aromatic carbocycles. The Balaban J connectivity index is 2.58. The molecule has 1 fully saturated rings. The molecule has 1 rings (SSSR count). The molecule has 1 heterocycles. The van der Waals surface area contributed by atoms with Gasteiger partial charge in [0.15, 0.2) is 0 Å². The van der Waals surface area contributed by atoms with Gasteiger partial charge in [-0.15, -0.1) is 0 Å². The lowest BCUT2D eigenvalue weighted by Gasteiger charge is -2.22. The van der Waals surface area contributed by atoms with Crippen molar-refractivity contribution in [1.82, 2.24) is 5.32 Å². The number of morpholine rings is 1. The number of nitrogens with zero attached hydrogens (tertiary/aromatic N) is 1. The fourth-order valence-corrected chi connectivity index (χ4v) is 0.774. The first-order valence-electron chi connectivity index (χ1n) is 3.05. The Bertz CT molecular complexity index is 182. The van der Waals surface area contributed by atoms with E-state index in [4.69, 9.17) is 15.7 Å². The van der Waals surface area contributed by atoms with E-state index in [0.717, 1.165) is 6.54 Å². The average Bonchev–Trinajstić information content (AvgIpc) is 1.94. The van der Waals surface area contributed by atoms with Crippen LogP contribution in [0.3, 0.4) is 0 Å². The van der Waals surface area contributed by atoms with Crippen LogP contribution >= 0.6 is 0 Å². The van der Waals surface area contributed by atoms with Crippen molar-refractivity contribution in [2.75, 3.05) is 13.2 Å². The Morgan fingerprint density at radius 1 is 1.90 bits per heavy atom. The van der Waals surface area contributed by atoms with E-state index >= 15 is 0 Å².